The van der Waals surface area contributed by atoms with Crippen molar-refractivity contribution < 1.29 is 160 Å². The van der Waals surface area contributed by atoms with Crippen molar-refractivity contribution in [1.29, 1.82) is 0 Å². The molecule has 5 heterocycles. The number of benzene rings is 5. The van der Waals surface area contributed by atoms with E-state index in [1.807, 2.05) is 0 Å². The number of aliphatic hydroxyl groups is 4. The van der Waals surface area contributed by atoms with Crippen LogP contribution in [0, 0.1) is 0 Å². The number of carboxylic acids is 3. The number of carbonyl (C=O) groups excluding carboxylic acids is 10. The third-order valence-corrected chi connectivity index (χ3v) is 15.7. The molecule has 38 nitrogen and oxygen atoms in total. The van der Waals surface area contributed by atoms with Crippen molar-refractivity contribution in [3.8, 4) is 28.7 Å². The lowest BCUT2D eigenvalue weighted by atomic mass is 10.1. The molecule has 0 fully saturated rings. The van der Waals surface area contributed by atoms with E-state index < -0.39 is 117 Å². The van der Waals surface area contributed by atoms with Gasteiger partial charge in [0, 0.05) is 137 Å². The molecule has 0 aliphatic rings. The number of phenolic OH excluding ortho intramolecular Hbond substituents is 2. The molecule has 123 heavy (non-hydrogen) atoms. The van der Waals surface area contributed by atoms with Crippen LogP contribution in [0.15, 0.2) is 146 Å². The van der Waals surface area contributed by atoms with Crippen LogP contribution in [0.4, 0.5) is 19.2 Å². The highest BCUT2D eigenvalue weighted by atomic mass is 16.7. The summed E-state index contributed by atoms with van der Waals surface area (Å²) < 4.78 is 61.3. The Morgan fingerprint density at radius 1 is 0.350 bits per heavy atom. The first kappa shape index (κ1) is 96.8. The van der Waals surface area contributed by atoms with Crippen LogP contribution in [0.2, 0.25) is 0 Å². The number of nitrogens with one attached hydrogen (secondary N) is 1. The Labute approximate surface area is 699 Å². The number of rotatable bonds is 22. The molecule has 10 aromatic rings. The minimum Gasteiger partial charge on any atom is -0.508 e. The van der Waals surface area contributed by atoms with Gasteiger partial charge in [0.25, 0.3) is 23.1 Å². The smallest absolute Gasteiger partial charge is 0.419 e. The van der Waals surface area contributed by atoms with Crippen molar-refractivity contribution in [3.05, 3.63) is 174 Å². The van der Waals surface area contributed by atoms with Gasteiger partial charge < -0.3 is 103 Å². The van der Waals surface area contributed by atoms with Gasteiger partial charge in [-0.15, -0.1) is 0 Å². The predicted octanol–water partition coefficient (Wildman–Crippen LogP) is 13.7. The third kappa shape index (κ3) is 27.0. The average Bonchev–Trinajstić information content (AvgIpc) is 1.45. The van der Waals surface area contributed by atoms with Crippen LogP contribution in [-0.2, 0) is 76.3 Å². The first-order valence-corrected chi connectivity index (χ1v) is 36.3. The van der Waals surface area contributed by atoms with E-state index in [-0.39, 0.29) is 65.3 Å². The summed E-state index contributed by atoms with van der Waals surface area (Å²) in [5, 5.41) is 87.4. The molecule has 38 heteroatoms. The zero-order valence-corrected chi connectivity index (χ0v) is 69.6. The molecule has 0 aliphatic heterocycles. The molecule has 654 valence electrons. The molecule has 0 unspecified atom stereocenters. The number of aliphatic carboxylic acids is 3. The van der Waals surface area contributed by atoms with Crippen molar-refractivity contribution in [2.75, 3.05) is 48.8 Å². The van der Waals surface area contributed by atoms with Gasteiger partial charge in [0.15, 0.2) is 26.2 Å². The topological polar surface area (TPSA) is 541 Å². The van der Waals surface area contributed by atoms with Crippen molar-refractivity contribution in [1.82, 2.24) is 23.3 Å². The van der Waals surface area contributed by atoms with Gasteiger partial charge in [-0.25, -0.2) is 38.4 Å². The number of fused-ring (bicyclic) bond motifs is 5. The van der Waals surface area contributed by atoms with Crippen LogP contribution in [0.5, 0.6) is 28.7 Å². The van der Waals surface area contributed by atoms with Gasteiger partial charge in [-0.2, -0.15) is 0 Å². The molecule has 10 rings (SSSR count). The number of aromatic amines is 1. The monoisotopic (exact) mass is 1710 g/mol. The second kappa shape index (κ2) is 41.1. The molecule has 0 amide bonds. The van der Waals surface area contributed by atoms with Crippen molar-refractivity contribution >= 4 is 155 Å². The van der Waals surface area contributed by atoms with Crippen LogP contribution in [-0.4, -0.2) is 218 Å². The van der Waals surface area contributed by atoms with E-state index in [1.54, 1.807) is 138 Å². The number of H-pyrrole nitrogens is 1. The minimum atomic E-state index is -1.73. The number of carboxylic acid groups (broad SMARTS) is 3. The van der Waals surface area contributed by atoms with E-state index >= 15 is 0 Å². The number of ketones is 5. The number of aromatic hydroxyl groups is 2. The van der Waals surface area contributed by atoms with Crippen molar-refractivity contribution in [2.24, 2.45) is 0 Å². The van der Waals surface area contributed by atoms with E-state index in [9.17, 15) is 93.0 Å². The first-order valence-electron chi connectivity index (χ1n) is 36.3. The largest absolute Gasteiger partial charge is 0.508 e. The molecular formula is C85H91N5O33. The zero-order valence-electron chi connectivity index (χ0n) is 69.6. The van der Waals surface area contributed by atoms with Crippen LogP contribution in [0.1, 0.15) is 123 Å². The molecule has 0 atom stereocenters. The van der Waals surface area contributed by atoms with Gasteiger partial charge in [-0.1, -0.05) is 0 Å². The number of phenols is 2. The summed E-state index contributed by atoms with van der Waals surface area (Å²) in [6.07, 6.45) is 6.52. The standard InChI is InChI=1S/C20H23NO8.C19H21NO8.C17H17NO7.C17H21NO5.C12H9NO5/c1-20(2,3)29-19(25)21-10-14(16(22)9-17(23)18(24)27-5)13-8-12(28-11-26-4)6-7-15(13)21;1-19(2,3)28-18(25)20-9-13(15(21)8-16(22)17(23)24)12-7-11(27-10-26-4)5-6-14(12)20;1-17(2,3)25-16(24)18-8-11(13(20)7-14(21)15(22)23)10-6-9(19)4-5-12(10)18;1-11(19)14-9-18(16(20)23-17(2,3)4)15-7-6-12(8-13(14)15)22-10-21-5;14-6-1-2-9-7(3-6)8(5-13-9)10(15)4-11(16)12(17)18/h6-10,22H,11H2,1-5H3;5-9,21H,10H2,1-4H3,(H,23,24);4-8,19-20H,1-3H3,(H,22,23);6-9H,10H2,1-5H3;1-5,13-15H,(H,17,18). The van der Waals surface area contributed by atoms with Crippen molar-refractivity contribution in [2.45, 2.75) is 112 Å². The van der Waals surface area contributed by atoms with Gasteiger partial charge >= 0.3 is 48.3 Å². The van der Waals surface area contributed by atoms with E-state index in [0.29, 0.717) is 90.2 Å². The number of Topliss-reactive ketones (excluding diaryl/α,β-unsaturated/α-hetero) is 1. The summed E-state index contributed by atoms with van der Waals surface area (Å²) in [5.41, 5.74) is 0.333. The Morgan fingerprint density at radius 3 is 0.911 bits per heavy atom. The summed E-state index contributed by atoms with van der Waals surface area (Å²) >= 11 is 0. The number of hydrogen-bond acceptors (Lipinski definition) is 30. The average molecular weight is 1710 g/mol. The quantitative estimate of drug-likeness (QED) is 0.00573. The van der Waals surface area contributed by atoms with Crippen LogP contribution in [0.3, 0.4) is 0 Å². The fraction of sp³-hybridized carbons (Fsp3) is 0.282. The highest BCUT2D eigenvalue weighted by molar-refractivity contribution is 6.40. The third-order valence-electron chi connectivity index (χ3n) is 15.7. The van der Waals surface area contributed by atoms with Gasteiger partial charge in [0.05, 0.1) is 29.2 Å². The van der Waals surface area contributed by atoms with E-state index in [1.165, 1.54) is 105 Å². The van der Waals surface area contributed by atoms with Crippen LogP contribution in [0.25, 0.3) is 77.6 Å². The maximum Gasteiger partial charge on any atom is 0.419 e. The van der Waals surface area contributed by atoms with Crippen LogP contribution < -0.4 is 14.2 Å². The van der Waals surface area contributed by atoms with Gasteiger partial charge in [-0.05, 0) is 181 Å². The van der Waals surface area contributed by atoms with Crippen LogP contribution >= 0.6 is 0 Å². The van der Waals surface area contributed by atoms with E-state index in [4.69, 9.17) is 62.7 Å². The fourth-order valence-corrected chi connectivity index (χ4v) is 10.7. The Morgan fingerprint density at radius 2 is 0.618 bits per heavy atom. The summed E-state index contributed by atoms with van der Waals surface area (Å²) in [4.78, 5) is 153. The predicted molar refractivity (Wildman–Crippen MR) is 441 cm³/mol. The molecular weight excluding hydrogens is 1620 g/mol. The number of aromatic nitrogens is 5. The Bertz CT molecular complexity index is 5860. The first-order chi connectivity index (χ1) is 57.3. The zero-order chi connectivity index (χ0) is 92.2. The summed E-state index contributed by atoms with van der Waals surface area (Å²) in [7, 11) is 5.50. The lowest BCUT2D eigenvalue weighted by Gasteiger charge is -2.19. The highest BCUT2D eigenvalue weighted by Gasteiger charge is 2.29. The summed E-state index contributed by atoms with van der Waals surface area (Å²) in [6.45, 7) is 22.3. The highest BCUT2D eigenvalue weighted by Crippen LogP contribution is 2.36. The van der Waals surface area contributed by atoms with Crippen molar-refractivity contribution in [3.63, 3.8) is 0 Å². The van der Waals surface area contributed by atoms with Gasteiger partial charge in [0.2, 0.25) is 0 Å². The molecule has 0 spiro atoms. The molecule has 0 saturated heterocycles. The molecule has 0 bridgehead atoms. The normalized spacial score (nSPS) is 11.9. The maximum atomic E-state index is 12.6. The molecule has 10 N–H and O–H groups in total. The number of aliphatic hydroxyl groups excluding tert-OH is 4. The number of hydrogen-bond donors (Lipinski definition) is 10. The SMILES string of the molecule is CC(C)(C)OC(=O)n1cc(C(O)=CC(=O)C(=O)O)c2cc(O)ccc21.COCOc1ccc2c(c1)c(C(C)=O)cn2C(=O)OC(C)(C)C.COCOc1ccc2c(c1)c(C(O)=CC(=O)C(=O)O)cn2C(=O)OC(C)(C)C.COCOc1ccc2c(c1)c(C(O)=CC(=O)C(=O)OC)cn2C(=O)OC(C)(C)C.O=C(O)C(=O)C=C(O)c1c[nH]c2ccc(O)cc12. The fourth-order valence-electron chi connectivity index (χ4n) is 10.7. The number of ether oxygens (including phenoxy) is 11. The second-order valence-corrected chi connectivity index (χ2v) is 29.9. The van der Waals surface area contributed by atoms with Gasteiger partial charge in [-0.3, -0.25) is 42.2 Å². The number of nitrogens with zero attached hydrogens (tertiary/aromatic N) is 4. The molecule has 0 saturated carbocycles. The lowest BCUT2D eigenvalue weighted by molar-refractivity contribution is -0.149. The number of esters is 1. The summed E-state index contributed by atoms with van der Waals surface area (Å²) in [6, 6.07) is 23.1. The minimum absolute atomic E-state index is 0.000658. The molecule has 0 aliphatic carbocycles. The van der Waals surface area contributed by atoms with E-state index in [2.05, 4.69) is 9.72 Å². The Balaban J connectivity index is 0.000000240. The second-order valence-electron chi connectivity index (χ2n) is 29.9. The maximum absolute atomic E-state index is 12.6. The summed E-state index contributed by atoms with van der Waals surface area (Å²) in [5.74, 6) is -12.3. The number of carbonyl (C=O) groups is 13. The number of methoxy groups -OCH3 is 4. The molecule has 5 aromatic heterocycles. The van der Waals surface area contributed by atoms with Gasteiger partial charge in [0.1, 0.15) is 74.2 Å². The lowest BCUT2D eigenvalue weighted by Crippen LogP contribution is -2.26. The Kier molecular flexibility index (Phi) is 32.3. The molecule has 0 radical (unpaired) electrons. The Hall–Kier alpha value is -15.1. The van der Waals surface area contributed by atoms with E-state index in [0.717, 1.165) is 22.3 Å². The molecule has 5 aromatic carbocycles.